The van der Waals surface area contributed by atoms with E-state index in [1.165, 1.54) is 25.7 Å². The molecule has 0 bridgehead atoms. The molecule has 2 heterocycles. The zero-order valence-corrected chi connectivity index (χ0v) is 15.2. The van der Waals surface area contributed by atoms with E-state index in [-0.39, 0.29) is 18.5 Å². The highest BCUT2D eigenvalue weighted by atomic mass is 32.3. The van der Waals surface area contributed by atoms with E-state index in [4.69, 9.17) is 4.74 Å². The van der Waals surface area contributed by atoms with Gasteiger partial charge in [0.2, 0.25) is 0 Å². The second kappa shape index (κ2) is 6.50. The Balaban J connectivity index is 1.29. The summed E-state index contributed by atoms with van der Waals surface area (Å²) in [7, 11) is -1.90. The number of allylic oxidation sites excluding steroid dienone is 2. The first kappa shape index (κ1) is 16.7. The molecule has 134 valence electrons. The van der Waals surface area contributed by atoms with Crippen LogP contribution < -0.4 is 5.32 Å². The second-order valence-corrected chi connectivity index (χ2v) is 10.8. The van der Waals surface area contributed by atoms with E-state index in [0.717, 1.165) is 43.7 Å². The lowest BCUT2D eigenvalue weighted by atomic mass is 9.62. The molecule has 2 saturated carbocycles. The van der Waals surface area contributed by atoms with Crippen LogP contribution in [-0.4, -0.2) is 35.0 Å². The number of hydrogen-bond donors (Lipinski definition) is 2. The maximum atomic E-state index is 12.4. The molecule has 0 aromatic rings. The first-order valence-corrected chi connectivity index (χ1v) is 11.1. The van der Waals surface area contributed by atoms with E-state index in [9.17, 15) is 9.35 Å². The molecule has 3 fully saturated rings. The molecule has 0 aromatic heterocycles. The molecule has 0 amide bonds. The molecule has 4 rings (SSSR count). The van der Waals surface area contributed by atoms with E-state index in [1.54, 1.807) is 0 Å². The van der Waals surface area contributed by atoms with Gasteiger partial charge in [-0.05, 0) is 62.4 Å². The van der Waals surface area contributed by atoms with E-state index in [0.29, 0.717) is 10.7 Å². The van der Waals surface area contributed by atoms with Crippen LogP contribution in [0, 0.1) is 5.41 Å². The molecule has 5 heteroatoms. The summed E-state index contributed by atoms with van der Waals surface area (Å²) < 4.78 is 16.8. The van der Waals surface area contributed by atoms with Crippen LogP contribution in [0.3, 0.4) is 0 Å². The van der Waals surface area contributed by atoms with E-state index >= 15 is 0 Å². The van der Waals surface area contributed by atoms with Crippen molar-refractivity contribution in [1.29, 1.82) is 0 Å². The third-order valence-corrected chi connectivity index (χ3v) is 9.58. The normalized spacial score (nSPS) is 35.5. The Bertz CT molecular complexity index is 553. The summed E-state index contributed by atoms with van der Waals surface area (Å²) >= 11 is 0. The maximum absolute atomic E-state index is 12.4. The Morgan fingerprint density at radius 1 is 1.29 bits per heavy atom. The average molecular weight is 352 g/mol. The summed E-state index contributed by atoms with van der Waals surface area (Å²) in [6.07, 6.45) is 13.3. The van der Waals surface area contributed by atoms with E-state index in [2.05, 4.69) is 5.32 Å². The summed E-state index contributed by atoms with van der Waals surface area (Å²) in [5.41, 5.74) is 0.431. The van der Waals surface area contributed by atoms with Crippen molar-refractivity contribution in [2.45, 2.75) is 69.1 Å². The minimum Gasteiger partial charge on any atom is -0.462 e. The number of piperidine rings is 1. The zero-order valence-electron chi connectivity index (χ0n) is 14.3. The first-order valence-electron chi connectivity index (χ1n) is 9.42. The molecule has 4 aliphatic rings. The lowest BCUT2D eigenvalue weighted by Gasteiger charge is -2.49. The molecule has 1 atom stereocenters. The third-order valence-electron chi connectivity index (χ3n) is 6.40. The molecule has 1 spiro atoms. The number of carbonyl (C=O) groups excluding carboxylic acids is 1. The van der Waals surface area contributed by atoms with Gasteiger partial charge in [-0.3, -0.25) is 4.79 Å². The van der Waals surface area contributed by atoms with E-state index in [1.807, 2.05) is 17.6 Å². The topological polar surface area (TPSA) is 58.6 Å². The van der Waals surface area contributed by atoms with Crippen molar-refractivity contribution in [3.63, 3.8) is 0 Å². The van der Waals surface area contributed by atoms with Gasteiger partial charge in [-0.25, -0.2) is 0 Å². The van der Waals surface area contributed by atoms with Gasteiger partial charge in [0.15, 0.2) is 0 Å². The van der Waals surface area contributed by atoms with Crippen molar-refractivity contribution in [2.75, 3.05) is 13.1 Å². The van der Waals surface area contributed by atoms with Crippen LogP contribution in [0.15, 0.2) is 22.5 Å². The summed E-state index contributed by atoms with van der Waals surface area (Å²) in [6, 6.07) is 0. The third kappa shape index (κ3) is 3.06. The fourth-order valence-corrected chi connectivity index (χ4v) is 7.78. The molecule has 24 heavy (non-hydrogen) atoms. The maximum Gasteiger partial charge on any atom is 0.311 e. The van der Waals surface area contributed by atoms with Crippen molar-refractivity contribution in [2.24, 2.45) is 5.41 Å². The van der Waals surface area contributed by atoms with Crippen molar-refractivity contribution in [3.05, 3.63) is 22.5 Å². The largest absolute Gasteiger partial charge is 0.462 e. The van der Waals surface area contributed by atoms with Crippen LogP contribution in [0.1, 0.15) is 57.8 Å². The van der Waals surface area contributed by atoms with Gasteiger partial charge in [0.25, 0.3) is 0 Å². The highest BCUT2D eigenvalue weighted by Crippen LogP contribution is 2.64. The number of ether oxygens (including phenoxy) is 1. The molecule has 2 aliphatic carbocycles. The number of nitrogens with one attached hydrogen (secondary N) is 1. The quantitative estimate of drug-likeness (QED) is 0.749. The van der Waals surface area contributed by atoms with Gasteiger partial charge in [0.1, 0.15) is 6.10 Å². The lowest BCUT2D eigenvalue weighted by molar-refractivity contribution is -0.162. The van der Waals surface area contributed by atoms with Crippen LogP contribution >= 0.6 is 10.3 Å². The fraction of sp³-hybridized carbons (Fsp3) is 0.737. The minimum atomic E-state index is -1.90. The molecule has 1 unspecified atom stereocenters. The van der Waals surface area contributed by atoms with Gasteiger partial charge in [0, 0.05) is 10.2 Å². The Labute approximate surface area is 146 Å². The minimum absolute atomic E-state index is 0.0973. The van der Waals surface area contributed by atoms with Gasteiger partial charge in [-0.1, -0.05) is 35.3 Å². The number of carbonyl (C=O) groups is 1. The first-order chi connectivity index (χ1) is 11.6. The lowest BCUT2D eigenvalue weighted by Crippen LogP contribution is -2.49. The standard InChI is InChI=1S/C19H29NO3S/c21-18(23-15-13-19(14-15)7-9-20-10-8-19)12-17-6-3-11-24(17,22)16-4-1-2-5-16/h3,6,11,15-16,20,22H,1-2,4-5,7-10,12-14H2. The Kier molecular flexibility index (Phi) is 4.52. The van der Waals surface area contributed by atoms with Gasteiger partial charge in [0.05, 0.1) is 6.42 Å². The van der Waals surface area contributed by atoms with Crippen LogP contribution in [0.5, 0.6) is 0 Å². The Morgan fingerprint density at radius 3 is 2.71 bits per heavy atom. The van der Waals surface area contributed by atoms with Gasteiger partial charge in [-0.2, -0.15) is 0 Å². The van der Waals surface area contributed by atoms with Crippen LogP contribution in [-0.2, 0) is 9.53 Å². The Morgan fingerprint density at radius 2 is 2.00 bits per heavy atom. The molecular formula is C19H29NO3S. The van der Waals surface area contributed by atoms with E-state index < -0.39 is 10.3 Å². The summed E-state index contributed by atoms with van der Waals surface area (Å²) in [6.45, 7) is 2.19. The van der Waals surface area contributed by atoms with Crippen molar-refractivity contribution in [1.82, 2.24) is 5.32 Å². The second-order valence-electron chi connectivity index (χ2n) is 7.99. The molecule has 4 nitrogen and oxygen atoms in total. The average Bonchev–Trinajstić information content (AvgIpc) is 3.18. The van der Waals surface area contributed by atoms with Crippen molar-refractivity contribution in [3.8, 4) is 0 Å². The van der Waals surface area contributed by atoms with Crippen molar-refractivity contribution < 1.29 is 14.1 Å². The predicted molar refractivity (Wildman–Crippen MR) is 98.0 cm³/mol. The van der Waals surface area contributed by atoms with Gasteiger partial charge >= 0.3 is 5.97 Å². The van der Waals surface area contributed by atoms with Gasteiger partial charge in [-0.15, -0.1) is 0 Å². The summed E-state index contributed by atoms with van der Waals surface area (Å²) in [5, 5.41) is 5.70. The zero-order chi connectivity index (χ0) is 16.6. The number of rotatable bonds is 4. The SMILES string of the molecule is O=C(CC1=CC=CS1(O)C1CCCC1)OC1CC2(CCNCC2)C1. The van der Waals surface area contributed by atoms with Gasteiger partial charge < -0.3 is 14.6 Å². The molecule has 2 aliphatic heterocycles. The number of esters is 1. The van der Waals surface area contributed by atoms with Crippen LogP contribution in [0.25, 0.3) is 0 Å². The summed E-state index contributed by atoms with van der Waals surface area (Å²) in [5.74, 6) is -0.150. The highest BCUT2D eigenvalue weighted by Gasteiger charge is 2.46. The Hall–Kier alpha value is -0.780. The fourth-order valence-electron chi connectivity index (χ4n) is 4.93. The number of hydrogen-bond acceptors (Lipinski definition) is 4. The molecular weight excluding hydrogens is 322 g/mol. The molecule has 1 saturated heterocycles. The van der Waals surface area contributed by atoms with Crippen LogP contribution in [0.4, 0.5) is 0 Å². The predicted octanol–water partition coefficient (Wildman–Crippen LogP) is 4.08. The van der Waals surface area contributed by atoms with Crippen molar-refractivity contribution >= 4 is 16.3 Å². The smallest absolute Gasteiger partial charge is 0.311 e. The highest BCUT2D eigenvalue weighted by molar-refractivity contribution is 8.35. The molecule has 0 aromatic carbocycles. The van der Waals surface area contributed by atoms with Crippen LogP contribution in [0.2, 0.25) is 0 Å². The molecule has 2 N–H and O–H groups in total. The molecule has 0 radical (unpaired) electrons. The summed E-state index contributed by atoms with van der Waals surface area (Å²) in [4.78, 5) is 13.3. The monoisotopic (exact) mass is 351 g/mol.